The number of ether oxygens (including phenoxy) is 2. The van der Waals surface area contributed by atoms with Crippen molar-refractivity contribution in [2.45, 2.75) is 6.36 Å². The number of halogens is 3. The minimum absolute atomic E-state index is 0.118. The number of fused-ring (bicyclic) bond motifs is 1. The lowest BCUT2D eigenvalue weighted by atomic mass is 10.2. The van der Waals surface area contributed by atoms with Crippen LogP contribution in [0.1, 0.15) is 5.69 Å². The molecule has 6 nitrogen and oxygen atoms in total. The van der Waals surface area contributed by atoms with E-state index < -0.39 is 6.36 Å². The third kappa shape index (κ3) is 4.62. The smallest absolute Gasteiger partial charge is 0.457 e. The first-order chi connectivity index (χ1) is 14.4. The summed E-state index contributed by atoms with van der Waals surface area (Å²) in [6, 6.07) is 17.6. The molecule has 0 fully saturated rings. The first-order valence-electron chi connectivity index (χ1n) is 8.68. The summed E-state index contributed by atoms with van der Waals surface area (Å²) in [6.07, 6.45) is -2.93. The molecular weight excluding hydrogens is 397 g/mol. The Morgan fingerprint density at radius 3 is 2.43 bits per heavy atom. The summed E-state index contributed by atoms with van der Waals surface area (Å²) < 4.78 is 46.3. The van der Waals surface area contributed by atoms with Crippen molar-refractivity contribution in [3.63, 3.8) is 0 Å². The fourth-order valence-corrected chi connectivity index (χ4v) is 2.80. The van der Waals surface area contributed by atoms with E-state index in [1.807, 2.05) is 36.5 Å². The number of aromatic amines is 1. The summed E-state index contributed by atoms with van der Waals surface area (Å²) in [4.78, 5) is 7.32. The molecule has 150 valence electrons. The predicted octanol–water partition coefficient (Wildman–Crippen LogP) is 5.87. The summed E-state index contributed by atoms with van der Waals surface area (Å²) in [6.45, 7) is 0. The number of hydrogen-bond acceptors (Lipinski definition) is 5. The highest BCUT2D eigenvalue weighted by atomic mass is 19.4. The molecule has 0 saturated heterocycles. The first-order valence-corrected chi connectivity index (χ1v) is 8.68. The minimum atomic E-state index is -4.76. The average Bonchev–Trinajstić information content (AvgIpc) is 3.16. The van der Waals surface area contributed by atoms with E-state index in [0.29, 0.717) is 11.6 Å². The Balaban J connectivity index is 1.54. The number of nitriles is 1. The molecule has 0 aliphatic rings. The van der Waals surface area contributed by atoms with Gasteiger partial charge in [-0.05, 0) is 47.9 Å². The third-order valence-electron chi connectivity index (χ3n) is 4.03. The van der Waals surface area contributed by atoms with Gasteiger partial charge in [0.25, 0.3) is 0 Å². The highest BCUT2D eigenvalue weighted by molar-refractivity contribution is 5.83. The molecule has 2 aromatic heterocycles. The second kappa shape index (κ2) is 7.67. The zero-order chi connectivity index (χ0) is 21.1. The topological polar surface area (TPSA) is 83.0 Å². The van der Waals surface area contributed by atoms with Crippen molar-refractivity contribution in [2.24, 2.45) is 0 Å². The van der Waals surface area contributed by atoms with Crippen molar-refractivity contribution < 1.29 is 22.6 Å². The lowest BCUT2D eigenvalue weighted by molar-refractivity contribution is -0.274. The largest absolute Gasteiger partial charge is 0.573 e. The van der Waals surface area contributed by atoms with Gasteiger partial charge in [-0.3, -0.25) is 0 Å². The van der Waals surface area contributed by atoms with E-state index in [9.17, 15) is 18.4 Å². The van der Waals surface area contributed by atoms with E-state index in [0.717, 1.165) is 28.7 Å². The normalized spacial score (nSPS) is 11.1. The molecule has 4 rings (SSSR count). The van der Waals surface area contributed by atoms with E-state index in [1.165, 1.54) is 18.2 Å². The number of aromatic nitrogens is 2. The predicted molar refractivity (Wildman–Crippen MR) is 104 cm³/mol. The second-order valence-electron chi connectivity index (χ2n) is 6.21. The second-order valence-corrected chi connectivity index (χ2v) is 6.21. The van der Waals surface area contributed by atoms with Crippen molar-refractivity contribution in [1.29, 1.82) is 5.26 Å². The van der Waals surface area contributed by atoms with E-state index in [2.05, 4.69) is 20.0 Å². The quantitative estimate of drug-likeness (QED) is 0.430. The van der Waals surface area contributed by atoms with Gasteiger partial charge >= 0.3 is 6.36 Å². The van der Waals surface area contributed by atoms with Crippen LogP contribution >= 0.6 is 0 Å². The number of alkyl halides is 3. The molecule has 0 atom stereocenters. The Labute approximate surface area is 168 Å². The summed E-state index contributed by atoms with van der Waals surface area (Å²) in [5.74, 6) is 0.601. The van der Waals surface area contributed by atoms with Crippen LogP contribution in [0.15, 0.2) is 66.9 Å². The molecule has 0 unspecified atom stereocenters. The number of nitrogens with one attached hydrogen (secondary N) is 2. The zero-order valence-corrected chi connectivity index (χ0v) is 15.2. The van der Waals surface area contributed by atoms with Crippen LogP contribution in [0.2, 0.25) is 0 Å². The van der Waals surface area contributed by atoms with Crippen LogP contribution in [0.3, 0.4) is 0 Å². The Bertz CT molecular complexity index is 1230. The molecule has 2 heterocycles. The van der Waals surface area contributed by atoms with Gasteiger partial charge in [-0.25, -0.2) is 4.98 Å². The van der Waals surface area contributed by atoms with Crippen LogP contribution in [0.5, 0.6) is 17.2 Å². The fourth-order valence-electron chi connectivity index (χ4n) is 2.80. The average molecular weight is 410 g/mol. The van der Waals surface area contributed by atoms with Gasteiger partial charge in [-0.1, -0.05) is 6.07 Å². The molecule has 0 aliphatic heterocycles. The van der Waals surface area contributed by atoms with Gasteiger partial charge in [0, 0.05) is 29.5 Å². The van der Waals surface area contributed by atoms with Crippen molar-refractivity contribution in [3.8, 4) is 23.3 Å². The summed E-state index contributed by atoms with van der Waals surface area (Å²) in [5, 5.41) is 13.4. The van der Waals surface area contributed by atoms with Crippen LogP contribution in [0.4, 0.5) is 24.7 Å². The van der Waals surface area contributed by atoms with Gasteiger partial charge in [-0.2, -0.15) is 5.26 Å². The van der Waals surface area contributed by atoms with E-state index in [-0.39, 0.29) is 17.2 Å². The Kier molecular flexibility index (Phi) is 4.90. The SMILES string of the molecule is N#Cc1cc(Oc2ccc(OC(F)(F)F)cc2)cc(Nc2ccc3cc[nH]c3c2)n1. The number of pyridine rings is 1. The third-order valence-corrected chi connectivity index (χ3v) is 4.03. The van der Waals surface area contributed by atoms with Crippen LogP contribution in [-0.2, 0) is 0 Å². The van der Waals surface area contributed by atoms with Crippen molar-refractivity contribution in [3.05, 3.63) is 72.6 Å². The van der Waals surface area contributed by atoms with Gasteiger partial charge in [0.15, 0.2) is 0 Å². The minimum Gasteiger partial charge on any atom is -0.457 e. The standard InChI is InChI=1S/C21H13F3N4O2/c22-21(23,24)30-17-5-3-16(4-6-17)29-18-9-15(12-25)28-20(11-18)27-14-2-1-13-7-8-26-19(13)10-14/h1-11,26H,(H,27,28). The molecule has 9 heteroatoms. The number of hydrogen-bond donors (Lipinski definition) is 2. The van der Waals surface area contributed by atoms with E-state index in [4.69, 9.17) is 4.74 Å². The van der Waals surface area contributed by atoms with Gasteiger partial charge < -0.3 is 19.8 Å². The maximum absolute atomic E-state index is 12.3. The molecule has 0 radical (unpaired) electrons. The van der Waals surface area contributed by atoms with Crippen molar-refractivity contribution in [1.82, 2.24) is 9.97 Å². The number of H-pyrrole nitrogens is 1. The van der Waals surface area contributed by atoms with Gasteiger partial charge in [0.05, 0.1) is 0 Å². The zero-order valence-electron chi connectivity index (χ0n) is 15.2. The van der Waals surface area contributed by atoms with Crippen LogP contribution in [0.25, 0.3) is 10.9 Å². The van der Waals surface area contributed by atoms with Gasteiger partial charge in [0.1, 0.15) is 34.8 Å². The Morgan fingerprint density at radius 2 is 1.70 bits per heavy atom. The van der Waals surface area contributed by atoms with Crippen molar-refractivity contribution >= 4 is 22.4 Å². The molecule has 4 aromatic rings. The molecule has 0 saturated carbocycles. The molecule has 2 N–H and O–H groups in total. The van der Waals surface area contributed by atoms with E-state index in [1.54, 1.807) is 6.07 Å². The summed E-state index contributed by atoms with van der Waals surface area (Å²) in [7, 11) is 0. The maximum atomic E-state index is 12.3. The van der Waals surface area contributed by atoms with E-state index >= 15 is 0 Å². The lowest BCUT2D eigenvalue weighted by Gasteiger charge is -2.11. The molecule has 2 aromatic carbocycles. The van der Waals surface area contributed by atoms with Gasteiger partial charge in [0.2, 0.25) is 0 Å². The molecule has 0 aliphatic carbocycles. The highest BCUT2D eigenvalue weighted by Gasteiger charge is 2.31. The lowest BCUT2D eigenvalue weighted by Crippen LogP contribution is -2.16. The van der Waals surface area contributed by atoms with Crippen LogP contribution in [0, 0.1) is 11.3 Å². The monoisotopic (exact) mass is 410 g/mol. The highest BCUT2D eigenvalue weighted by Crippen LogP contribution is 2.29. The molecule has 0 spiro atoms. The van der Waals surface area contributed by atoms with Gasteiger partial charge in [-0.15, -0.1) is 13.2 Å². The first kappa shape index (κ1) is 19.1. The summed E-state index contributed by atoms with van der Waals surface area (Å²) >= 11 is 0. The number of anilines is 2. The Morgan fingerprint density at radius 1 is 0.933 bits per heavy atom. The number of rotatable bonds is 5. The number of benzene rings is 2. The van der Waals surface area contributed by atoms with Crippen LogP contribution in [-0.4, -0.2) is 16.3 Å². The van der Waals surface area contributed by atoms with Crippen LogP contribution < -0.4 is 14.8 Å². The molecule has 0 bridgehead atoms. The fraction of sp³-hybridized carbons (Fsp3) is 0.0476. The molecule has 30 heavy (non-hydrogen) atoms. The van der Waals surface area contributed by atoms with Crippen molar-refractivity contribution in [2.75, 3.05) is 5.32 Å². The Hall–Kier alpha value is -4.19. The maximum Gasteiger partial charge on any atom is 0.573 e. The molecular formula is C21H13F3N4O2. The summed E-state index contributed by atoms with van der Waals surface area (Å²) in [5.41, 5.74) is 1.81. The molecule has 0 amide bonds. The number of nitrogens with zero attached hydrogens (tertiary/aromatic N) is 2.